The van der Waals surface area contributed by atoms with Gasteiger partial charge in [-0.1, -0.05) is 0 Å². The van der Waals surface area contributed by atoms with E-state index in [0.717, 1.165) is 0 Å². The van der Waals surface area contributed by atoms with Crippen LogP contribution in [0.5, 0.6) is 28.7 Å². The van der Waals surface area contributed by atoms with Crippen LogP contribution in [0.1, 0.15) is 12.0 Å². The van der Waals surface area contributed by atoms with Crippen molar-refractivity contribution in [3.05, 3.63) is 35.9 Å². The van der Waals surface area contributed by atoms with Gasteiger partial charge < -0.3 is 28.6 Å². The quantitative estimate of drug-likeness (QED) is 0.434. The second kappa shape index (κ2) is 12.4. The van der Waals surface area contributed by atoms with Crippen LogP contribution in [0.25, 0.3) is 0 Å². The highest BCUT2D eigenvalue weighted by molar-refractivity contribution is 7.98. The number of thioether (sulfide) groups is 1. The SMILES string of the molecule is COc1ccc(CN(C)C(=O)[C@H](CCSC)NS(=O)(=O)c2ccc3c(c2)OCCO3)c(OC)c1OC. The molecule has 0 unspecified atom stereocenters. The van der Waals surface area contributed by atoms with Crippen molar-refractivity contribution >= 4 is 27.7 Å². The summed E-state index contributed by atoms with van der Waals surface area (Å²) in [5.41, 5.74) is 0.685. The van der Waals surface area contributed by atoms with Crippen LogP contribution in [0.4, 0.5) is 0 Å². The molecule has 0 spiro atoms. The van der Waals surface area contributed by atoms with Crippen molar-refractivity contribution in [2.45, 2.75) is 23.9 Å². The number of benzene rings is 2. The molecule has 0 saturated heterocycles. The number of ether oxygens (including phenoxy) is 5. The van der Waals surface area contributed by atoms with Gasteiger partial charge in [-0.3, -0.25) is 4.79 Å². The van der Waals surface area contributed by atoms with Crippen molar-refractivity contribution in [1.82, 2.24) is 9.62 Å². The normalized spacial score (nSPS) is 13.6. The fraction of sp³-hybridized carbons (Fsp3) is 0.458. The Balaban J connectivity index is 1.82. The van der Waals surface area contributed by atoms with Crippen LogP contribution in [-0.2, 0) is 21.4 Å². The molecule has 0 fully saturated rings. The summed E-state index contributed by atoms with van der Waals surface area (Å²) in [6.07, 6.45) is 2.21. The van der Waals surface area contributed by atoms with Gasteiger partial charge in [0.25, 0.3) is 0 Å². The van der Waals surface area contributed by atoms with Gasteiger partial charge in [-0.25, -0.2) is 8.42 Å². The van der Waals surface area contributed by atoms with Crippen LogP contribution in [0.3, 0.4) is 0 Å². The van der Waals surface area contributed by atoms with E-state index in [2.05, 4.69) is 4.72 Å². The molecule has 198 valence electrons. The molecule has 0 saturated carbocycles. The summed E-state index contributed by atoms with van der Waals surface area (Å²) in [6, 6.07) is 6.93. The van der Waals surface area contributed by atoms with Crippen molar-refractivity contribution in [3.8, 4) is 28.7 Å². The Morgan fingerprint density at radius 1 is 1.06 bits per heavy atom. The molecule has 0 aliphatic carbocycles. The maximum Gasteiger partial charge on any atom is 0.241 e. The van der Waals surface area contributed by atoms with Crippen molar-refractivity contribution in [1.29, 1.82) is 0 Å². The summed E-state index contributed by atoms with van der Waals surface area (Å²) >= 11 is 1.53. The molecular formula is C24H32N2O8S2. The maximum absolute atomic E-state index is 13.4. The molecule has 3 rings (SSSR count). The number of carbonyl (C=O) groups is 1. The zero-order valence-electron chi connectivity index (χ0n) is 21.0. The number of hydrogen-bond donors (Lipinski definition) is 1. The number of methoxy groups -OCH3 is 3. The first-order chi connectivity index (χ1) is 17.2. The molecule has 1 heterocycles. The number of likely N-dealkylation sites (N-methyl/N-ethyl adjacent to an activating group) is 1. The summed E-state index contributed by atoms with van der Waals surface area (Å²) in [4.78, 5) is 14.9. The fourth-order valence-electron chi connectivity index (χ4n) is 3.80. The highest BCUT2D eigenvalue weighted by Gasteiger charge is 2.29. The molecule has 1 atom stereocenters. The predicted octanol–water partition coefficient (Wildman–Crippen LogP) is 2.54. The number of nitrogens with one attached hydrogen (secondary N) is 1. The topological polar surface area (TPSA) is 113 Å². The summed E-state index contributed by atoms with van der Waals surface area (Å²) in [5, 5.41) is 0. The minimum absolute atomic E-state index is 0.00193. The summed E-state index contributed by atoms with van der Waals surface area (Å²) in [6.45, 7) is 0.910. The van der Waals surface area contributed by atoms with E-state index in [-0.39, 0.29) is 17.3 Å². The highest BCUT2D eigenvalue weighted by atomic mass is 32.2. The molecule has 0 radical (unpaired) electrons. The fourth-order valence-corrected chi connectivity index (χ4v) is 5.51. The molecule has 0 aromatic heterocycles. The molecule has 0 bridgehead atoms. The predicted molar refractivity (Wildman–Crippen MR) is 137 cm³/mol. The first-order valence-electron chi connectivity index (χ1n) is 11.2. The van der Waals surface area contributed by atoms with Crippen molar-refractivity contribution < 1.29 is 36.9 Å². The van der Waals surface area contributed by atoms with E-state index in [4.69, 9.17) is 23.7 Å². The van der Waals surface area contributed by atoms with Gasteiger partial charge in [-0.2, -0.15) is 16.5 Å². The smallest absolute Gasteiger partial charge is 0.241 e. The second-order valence-electron chi connectivity index (χ2n) is 7.95. The number of rotatable bonds is 12. The zero-order valence-corrected chi connectivity index (χ0v) is 22.7. The monoisotopic (exact) mass is 540 g/mol. The van der Waals surface area contributed by atoms with E-state index in [9.17, 15) is 13.2 Å². The first kappa shape index (κ1) is 27.8. The van der Waals surface area contributed by atoms with E-state index >= 15 is 0 Å². The highest BCUT2D eigenvalue weighted by Crippen LogP contribution is 2.40. The Bertz CT molecular complexity index is 1170. The molecule has 10 nitrogen and oxygen atoms in total. The Labute approximate surface area is 216 Å². The van der Waals surface area contributed by atoms with E-state index < -0.39 is 16.1 Å². The Hall–Kier alpha value is -2.83. The number of hydrogen-bond acceptors (Lipinski definition) is 9. The number of amides is 1. The van der Waals surface area contributed by atoms with Crippen LogP contribution in [0.15, 0.2) is 35.2 Å². The molecule has 1 N–H and O–H groups in total. The molecular weight excluding hydrogens is 508 g/mol. The van der Waals surface area contributed by atoms with Gasteiger partial charge in [-0.05, 0) is 42.7 Å². The van der Waals surface area contributed by atoms with Gasteiger partial charge in [0.15, 0.2) is 23.0 Å². The molecule has 2 aromatic carbocycles. The Kier molecular flexibility index (Phi) is 9.57. The average Bonchev–Trinajstić information content (AvgIpc) is 2.89. The number of sulfonamides is 1. The Morgan fingerprint density at radius 3 is 2.39 bits per heavy atom. The lowest BCUT2D eigenvalue weighted by Crippen LogP contribution is -2.47. The van der Waals surface area contributed by atoms with Crippen molar-refractivity contribution in [3.63, 3.8) is 0 Å². The van der Waals surface area contributed by atoms with E-state index in [1.54, 1.807) is 25.2 Å². The van der Waals surface area contributed by atoms with Gasteiger partial charge in [0.2, 0.25) is 21.7 Å². The lowest BCUT2D eigenvalue weighted by Gasteiger charge is -2.26. The van der Waals surface area contributed by atoms with Crippen LogP contribution < -0.4 is 28.4 Å². The number of carbonyl (C=O) groups excluding carboxylic acids is 1. The molecule has 1 aliphatic rings. The standard InChI is InChI=1S/C24H32N2O8S2/c1-26(15-16-6-8-20(30-2)23(32-4)22(16)31-3)24(27)18(10-13-35-5)25-36(28,29)17-7-9-19-21(14-17)34-12-11-33-19/h6-9,14,18,25H,10-13,15H2,1-5H3/t18-/m0/s1. The maximum atomic E-state index is 13.4. The van der Waals surface area contributed by atoms with Crippen LogP contribution >= 0.6 is 11.8 Å². The zero-order chi connectivity index (χ0) is 26.3. The summed E-state index contributed by atoms with van der Waals surface area (Å²) in [7, 11) is 2.14. The second-order valence-corrected chi connectivity index (χ2v) is 10.6. The Morgan fingerprint density at radius 2 is 1.75 bits per heavy atom. The van der Waals surface area contributed by atoms with Gasteiger partial charge in [0, 0.05) is 25.2 Å². The largest absolute Gasteiger partial charge is 0.493 e. The van der Waals surface area contributed by atoms with Crippen LogP contribution in [0.2, 0.25) is 0 Å². The van der Waals surface area contributed by atoms with Gasteiger partial charge in [0.05, 0.1) is 26.2 Å². The van der Waals surface area contributed by atoms with Gasteiger partial charge >= 0.3 is 0 Å². The number of nitrogens with zero attached hydrogens (tertiary/aromatic N) is 1. The molecule has 1 amide bonds. The van der Waals surface area contributed by atoms with E-state index in [0.29, 0.717) is 59.7 Å². The third kappa shape index (κ3) is 6.29. The van der Waals surface area contributed by atoms with Crippen molar-refractivity contribution in [2.75, 3.05) is 53.6 Å². The average molecular weight is 541 g/mol. The van der Waals surface area contributed by atoms with Gasteiger partial charge in [-0.15, -0.1) is 0 Å². The third-order valence-electron chi connectivity index (χ3n) is 5.60. The minimum atomic E-state index is -4.01. The van der Waals surface area contributed by atoms with E-state index in [1.807, 2.05) is 6.26 Å². The lowest BCUT2D eigenvalue weighted by molar-refractivity contribution is -0.132. The molecule has 12 heteroatoms. The van der Waals surface area contributed by atoms with Crippen molar-refractivity contribution in [2.24, 2.45) is 0 Å². The van der Waals surface area contributed by atoms with Crippen LogP contribution in [0, 0.1) is 0 Å². The molecule has 36 heavy (non-hydrogen) atoms. The minimum Gasteiger partial charge on any atom is -0.493 e. The van der Waals surface area contributed by atoms with E-state index in [1.165, 1.54) is 50.1 Å². The summed E-state index contributed by atoms with van der Waals surface area (Å²) in [5.74, 6) is 2.41. The summed E-state index contributed by atoms with van der Waals surface area (Å²) < 4.78 is 56.2. The van der Waals surface area contributed by atoms with Crippen LogP contribution in [-0.4, -0.2) is 78.9 Å². The third-order valence-corrected chi connectivity index (χ3v) is 7.71. The molecule has 1 aliphatic heterocycles. The first-order valence-corrected chi connectivity index (χ1v) is 14.1. The van der Waals surface area contributed by atoms with Gasteiger partial charge in [0.1, 0.15) is 19.3 Å². The molecule has 2 aromatic rings. The number of fused-ring (bicyclic) bond motifs is 1. The lowest BCUT2D eigenvalue weighted by atomic mass is 10.1.